The summed E-state index contributed by atoms with van der Waals surface area (Å²) in [6.45, 7) is 24.2. The van der Waals surface area contributed by atoms with Gasteiger partial charge in [0.25, 0.3) is 0 Å². The van der Waals surface area contributed by atoms with Crippen molar-refractivity contribution in [2.24, 2.45) is 11.8 Å². The van der Waals surface area contributed by atoms with Gasteiger partial charge in [0.2, 0.25) is 0 Å². The first-order valence-electron chi connectivity index (χ1n) is 10.5. The predicted octanol–water partition coefficient (Wildman–Crippen LogP) is 6.75. The normalized spacial score (nSPS) is 16.1. The molecule has 0 saturated carbocycles. The topological polar surface area (TPSA) is 18.5 Å². The lowest BCUT2D eigenvalue weighted by Gasteiger charge is -2.42. The second kappa shape index (κ2) is 10.2. The zero-order chi connectivity index (χ0) is 21.6. The van der Waals surface area contributed by atoms with Gasteiger partial charge in [-0.1, -0.05) is 77.7 Å². The van der Waals surface area contributed by atoms with E-state index in [1.54, 1.807) is 0 Å². The van der Waals surface area contributed by atoms with Crippen LogP contribution >= 0.6 is 0 Å². The highest BCUT2D eigenvalue weighted by molar-refractivity contribution is 6.83. The summed E-state index contributed by atoms with van der Waals surface area (Å²) in [7, 11) is -3.29. The Morgan fingerprint density at radius 1 is 0.964 bits per heavy atom. The van der Waals surface area contributed by atoms with E-state index in [-0.39, 0.29) is 17.1 Å². The van der Waals surface area contributed by atoms with Gasteiger partial charge in [-0.2, -0.15) is 0 Å². The lowest BCUT2D eigenvalue weighted by molar-refractivity contribution is 0.0210. The molecule has 0 amide bonds. The maximum Gasteiger partial charge on any atom is 0.192 e. The molecule has 0 aliphatic heterocycles. The van der Waals surface area contributed by atoms with Gasteiger partial charge < -0.3 is 9.16 Å². The molecule has 4 heteroatoms. The highest BCUT2D eigenvalue weighted by Gasteiger charge is 2.41. The van der Waals surface area contributed by atoms with Gasteiger partial charge in [-0.3, -0.25) is 0 Å². The highest BCUT2D eigenvalue weighted by Crippen LogP contribution is 2.39. The molecule has 0 fully saturated rings. The molecule has 1 aromatic carbocycles. The maximum absolute atomic E-state index is 6.87. The van der Waals surface area contributed by atoms with Gasteiger partial charge in [-0.15, -0.1) is 11.5 Å². The van der Waals surface area contributed by atoms with Crippen LogP contribution in [0.5, 0.6) is 0 Å². The fourth-order valence-electron chi connectivity index (χ4n) is 2.67. The largest absolute Gasteiger partial charge is 0.412 e. The van der Waals surface area contributed by atoms with E-state index < -0.39 is 16.4 Å². The van der Waals surface area contributed by atoms with E-state index in [1.807, 2.05) is 6.07 Å². The van der Waals surface area contributed by atoms with Crippen molar-refractivity contribution in [1.29, 1.82) is 0 Å². The van der Waals surface area contributed by atoms with Crippen molar-refractivity contribution in [2.75, 3.05) is 6.61 Å². The monoisotopic (exact) mass is 418 g/mol. The van der Waals surface area contributed by atoms with Gasteiger partial charge in [-0.25, -0.2) is 0 Å². The minimum absolute atomic E-state index is 0.0977. The van der Waals surface area contributed by atoms with Crippen LogP contribution in [0.2, 0.25) is 37.8 Å². The molecular formula is C24H42O2Si2. The molecule has 0 saturated heterocycles. The van der Waals surface area contributed by atoms with Crippen LogP contribution in [0.15, 0.2) is 30.3 Å². The third-order valence-corrected chi connectivity index (χ3v) is 10.8. The van der Waals surface area contributed by atoms with Gasteiger partial charge in [0.1, 0.15) is 8.07 Å². The van der Waals surface area contributed by atoms with E-state index in [0.29, 0.717) is 19.1 Å². The summed E-state index contributed by atoms with van der Waals surface area (Å²) in [5.41, 5.74) is 4.76. The van der Waals surface area contributed by atoms with Crippen LogP contribution in [0.1, 0.15) is 40.2 Å². The summed E-state index contributed by atoms with van der Waals surface area (Å²) >= 11 is 0. The lowest BCUT2D eigenvalue weighted by atomic mass is 9.95. The van der Waals surface area contributed by atoms with Crippen molar-refractivity contribution in [3.63, 3.8) is 0 Å². The maximum atomic E-state index is 6.87. The van der Waals surface area contributed by atoms with Crippen LogP contribution in [-0.4, -0.2) is 29.1 Å². The molecule has 0 radical (unpaired) electrons. The predicted molar refractivity (Wildman–Crippen MR) is 128 cm³/mol. The fourth-order valence-corrected chi connectivity index (χ4v) is 4.80. The third-order valence-electron chi connectivity index (χ3n) is 5.46. The molecule has 3 atom stereocenters. The fraction of sp³-hybridized carbons (Fsp3) is 0.667. The van der Waals surface area contributed by atoms with Crippen LogP contribution in [0.25, 0.3) is 0 Å². The van der Waals surface area contributed by atoms with Crippen molar-refractivity contribution >= 4 is 16.4 Å². The Labute approximate surface area is 176 Å². The summed E-state index contributed by atoms with van der Waals surface area (Å²) in [5.74, 6) is 4.04. The summed E-state index contributed by atoms with van der Waals surface area (Å²) in [5, 5.41) is 0.182. The molecule has 0 unspecified atom stereocenters. The Balaban J connectivity index is 2.89. The number of ether oxygens (including phenoxy) is 1. The van der Waals surface area contributed by atoms with Crippen LogP contribution in [0.3, 0.4) is 0 Å². The molecule has 158 valence electrons. The minimum Gasteiger partial charge on any atom is -0.412 e. The summed E-state index contributed by atoms with van der Waals surface area (Å²) in [6, 6.07) is 10.4. The van der Waals surface area contributed by atoms with E-state index in [4.69, 9.17) is 9.16 Å². The molecular weight excluding hydrogens is 376 g/mol. The molecule has 0 N–H and O–H groups in total. The summed E-state index contributed by atoms with van der Waals surface area (Å²) < 4.78 is 12.9. The smallest absolute Gasteiger partial charge is 0.192 e. The molecule has 0 bridgehead atoms. The van der Waals surface area contributed by atoms with Crippen LogP contribution < -0.4 is 0 Å². The molecule has 2 nitrogen and oxygen atoms in total. The van der Waals surface area contributed by atoms with E-state index >= 15 is 0 Å². The van der Waals surface area contributed by atoms with Crippen LogP contribution in [0, 0.1) is 23.3 Å². The number of hydrogen-bond acceptors (Lipinski definition) is 2. The minimum atomic E-state index is -1.88. The Kier molecular flexibility index (Phi) is 9.21. The van der Waals surface area contributed by atoms with Gasteiger partial charge in [0.15, 0.2) is 8.32 Å². The standard InChI is InChI=1S/C24H42O2Si2/c1-20(16-17-27(6,7)8)23(26-28(9,10)24(3,4)5)21(2)18-25-19-22-14-12-11-13-15-22/h11-15,20-21,23H,18-19H2,1-10H3/t20-,21-,23+/m0/s1. The molecule has 28 heavy (non-hydrogen) atoms. The molecule has 0 aliphatic rings. The SMILES string of the molecule is C[C@@H](C#C[Si](C)(C)C)[C@@H](O[Si](C)(C)C(C)(C)C)[C@@H](C)COCc1ccccc1. The summed E-state index contributed by atoms with van der Waals surface area (Å²) in [4.78, 5) is 0. The molecule has 1 aromatic rings. The van der Waals surface area contributed by atoms with Gasteiger partial charge in [0.05, 0.1) is 19.3 Å². The van der Waals surface area contributed by atoms with Crippen LogP contribution in [-0.2, 0) is 15.8 Å². The Hall–Kier alpha value is -0.866. The second-order valence-corrected chi connectivity index (χ2v) is 20.1. The zero-order valence-corrected chi connectivity index (χ0v) is 21.8. The summed E-state index contributed by atoms with van der Waals surface area (Å²) in [6.07, 6.45) is 0.0977. The van der Waals surface area contributed by atoms with Gasteiger partial charge in [0, 0.05) is 11.8 Å². The number of rotatable bonds is 8. The van der Waals surface area contributed by atoms with Crippen molar-refractivity contribution in [3.05, 3.63) is 35.9 Å². The van der Waals surface area contributed by atoms with Crippen molar-refractivity contribution in [2.45, 2.75) is 85.1 Å². The van der Waals surface area contributed by atoms with Gasteiger partial charge in [-0.05, 0) is 30.6 Å². The number of benzene rings is 1. The van der Waals surface area contributed by atoms with E-state index in [9.17, 15) is 0 Å². The van der Waals surface area contributed by atoms with Crippen molar-refractivity contribution in [3.8, 4) is 11.5 Å². The Bertz CT molecular complexity index is 645. The molecule has 0 aliphatic carbocycles. The lowest BCUT2D eigenvalue weighted by Crippen LogP contribution is -2.48. The second-order valence-electron chi connectivity index (χ2n) is 10.6. The third kappa shape index (κ3) is 8.65. The van der Waals surface area contributed by atoms with Crippen molar-refractivity contribution in [1.82, 2.24) is 0 Å². The molecule has 0 aromatic heterocycles. The van der Waals surface area contributed by atoms with E-state index in [1.165, 1.54) is 5.56 Å². The Morgan fingerprint density at radius 2 is 1.54 bits per heavy atom. The average molecular weight is 419 g/mol. The first kappa shape index (κ1) is 25.2. The average Bonchev–Trinajstić information content (AvgIpc) is 2.56. The molecule has 0 spiro atoms. The zero-order valence-electron chi connectivity index (χ0n) is 19.8. The molecule has 0 heterocycles. The van der Waals surface area contributed by atoms with E-state index in [2.05, 4.69) is 103 Å². The highest BCUT2D eigenvalue weighted by atomic mass is 28.4. The van der Waals surface area contributed by atoms with Crippen LogP contribution in [0.4, 0.5) is 0 Å². The molecule has 1 rings (SSSR count). The van der Waals surface area contributed by atoms with Gasteiger partial charge >= 0.3 is 0 Å². The van der Waals surface area contributed by atoms with Crippen molar-refractivity contribution < 1.29 is 9.16 Å². The Morgan fingerprint density at radius 3 is 2.04 bits per heavy atom. The number of hydrogen-bond donors (Lipinski definition) is 0. The first-order valence-corrected chi connectivity index (χ1v) is 17.0. The first-order chi connectivity index (χ1) is 12.7. The quantitative estimate of drug-likeness (QED) is 0.343. The van der Waals surface area contributed by atoms with E-state index in [0.717, 1.165) is 0 Å².